The van der Waals surface area contributed by atoms with Gasteiger partial charge in [-0.15, -0.1) is 0 Å². The van der Waals surface area contributed by atoms with E-state index in [1.807, 2.05) is 6.92 Å². The molecule has 1 aromatic heterocycles. The summed E-state index contributed by atoms with van der Waals surface area (Å²) in [5.74, 6) is -0.164. The third-order valence-electron chi connectivity index (χ3n) is 2.31. The van der Waals surface area contributed by atoms with Crippen molar-refractivity contribution in [3.63, 3.8) is 0 Å². The number of nitrogens with two attached hydrogens (primary N) is 1. The number of halogens is 3. The number of rotatable bonds is 2. The minimum Gasteiger partial charge on any atom is -0.396 e. The van der Waals surface area contributed by atoms with Crippen molar-refractivity contribution in [1.29, 1.82) is 0 Å². The first kappa shape index (κ1) is 12.9. The highest BCUT2D eigenvalue weighted by Gasteiger charge is 2.09. The zero-order valence-electron chi connectivity index (χ0n) is 9.47. The molecule has 0 fully saturated rings. The molecule has 0 saturated heterocycles. The van der Waals surface area contributed by atoms with Crippen LogP contribution in [0, 0.1) is 12.7 Å². The van der Waals surface area contributed by atoms with E-state index >= 15 is 0 Å². The van der Waals surface area contributed by atoms with E-state index in [1.165, 1.54) is 12.1 Å². The van der Waals surface area contributed by atoms with Gasteiger partial charge in [-0.1, -0.05) is 23.2 Å². The van der Waals surface area contributed by atoms with Crippen molar-refractivity contribution >= 4 is 40.4 Å². The van der Waals surface area contributed by atoms with E-state index in [2.05, 4.69) is 10.3 Å². The molecule has 0 aliphatic heterocycles. The molecule has 3 N–H and O–H groups in total. The van der Waals surface area contributed by atoms with Gasteiger partial charge in [0.25, 0.3) is 0 Å². The molecule has 0 unspecified atom stereocenters. The van der Waals surface area contributed by atoms with E-state index in [-0.39, 0.29) is 10.0 Å². The Hall–Kier alpha value is -1.52. The summed E-state index contributed by atoms with van der Waals surface area (Å²) in [6, 6.07) is 6.38. The minimum atomic E-state index is -0.644. The molecule has 2 rings (SSSR count). The first-order valence-corrected chi connectivity index (χ1v) is 5.87. The van der Waals surface area contributed by atoms with Crippen LogP contribution in [0.15, 0.2) is 24.3 Å². The van der Waals surface area contributed by atoms with Gasteiger partial charge < -0.3 is 11.1 Å². The summed E-state index contributed by atoms with van der Waals surface area (Å²) in [5, 5.41) is 2.83. The highest BCUT2D eigenvalue weighted by atomic mass is 35.5. The van der Waals surface area contributed by atoms with Crippen LogP contribution >= 0.6 is 23.2 Å². The minimum absolute atomic E-state index is 0.0591. The van der Waals surface area contributed by atoms with Crippen molar-refractivity contribution in [2.24, 2.45) is 0 Å². The Bertz CT molecular complexity index is 579. The zero-order chi connectivity index (χ0) is 13.3. The van der Waals surface area contributed by atoms with Crippen LogP contribution in [-0.4, -0.2) is 4.98 Å². The Balaban J connectivity index is 2.37. The normalized spacial score (nSPS) is 10.4. The zero-order valence-corrected chi connectivity index (χ0v) is 11.0. The fourth-order valence-corrected chi connectivity index (χ4v) is 1.92. The maximum Gasteiger partial charge on any atom is 0.160 e. The van der Waals surface area contributed by atoms with Gasteiger partial charge in [0, 0.05) is 11.4 Å². The van der Waals surface area contributed by atoms with E-state index in [9.17, 15) is 4.39 Å². The average Bonchev–Trinajstić information content (AvgIpc) is 2.31. The topological polar surface area (TPSA) is 50.9 Å². The SMILES string of the molecule is Cc1ccc(N)c(Nc2cc(Cl)c(F)c(Cl)c2)n1. The number of aryl methyl sites for hydroxylation is 1. The van der Waals surface area contributed by atoms with Crippen molar-refractivity contribution in [2.75, 3.05) is 11.1 Å². The number of pyridine rings is 1. The smallest absolute Gasteiger partial charge is 0.160 e. The lowest BCUT2D eigenvalue weighted by atomic mass is 10.3. The molecule has 0 atom stereocenters. The monoisotopic (exact) mass is 285 g/mol. The molecule has 0 aliphatic carbocycles. The van der Waals surface area contributed by atoms with Gasteiger partial charge in [0.1, 0.15) is 0 Å². The van der Waals surface area contributed by atoms with Gasteiger partial charge >= 0.3 is 0 Å². The van der Waals surface area contributed by atoms with Crippen LogP contribution in [0.4, 0.5) is 21.6 Å². The predicted molar refractivity (Wildman–Crippen MR) is 73.1 cm³/mol. The van der Waals surface area contributed by atoms with Crippen LogP contribution in [0.25, 0.3) is 0 Å². The van der Waals surface area contributed by atoms with E-state index < -0.39 is 5.82 Å². The van der Waals surface area contributed by atoms with Crippen molar-refractivity contribution in [1.82, 2.24) is 4.98 Å². The predicted octanol–water partition coefficient (Wildman–Crippen LogP) is 4.16. The van der Waals surface area contributed by atoms with Gasteiger partial charge in [-0.05, 0) is 31.2 Å². The first-order chi connectivity index (χ1) is 8.47. The molecule has 94 valence electrons. The number of nitrogen functional groups attached to an aromatic ring is 1. The van der Waals surface area contributed by atoms with Crippen molar-refractivity contribution in [3.05, 3.63) is 45.8 Å². The van der Waals surface area contributed by atoms with Gasteiger partial charge in [-0.25, -0.2) is 9.37 Å². The molecule has 1 heterocycles. The van der Waals surface area contributed by atoms with Crippen molar-refractivity contribution < 1.29 is 4.39 Å². The van der Waals surface area contributed by atoms with Crippen LogP contribution in [-0.2, 0) is 0 Å². The molecule has 6 heteroatoms. The maximum absolute atomic E-state index is 13.3. The standard InChI is InChI=1S/C12H10Cl2FN3/c1-6-2-3-10(16)12(17-6)18-7-4-8(13)11(15)9(14)5-7/h2-5H,16H2,1H3,(H,17,18). The van der Waals surface area contributed by atoms with Gasteiger partial charge in [0.05, 0.1) is 15.7 Å². The van der Waals surface area contributed by atoms with Crippen LogP contribution in [0.5, 0.6) is 0 Å². The van der Waals surface area contributed by atoms with Crippen LogP contribution in [0.3, 0.4) is 0 Å². The molecular weight excluding hydrogens is 276 g/mol. The summed E-state index contributed by atoms with van der Waals surface area (Å²) in [6.45, 7) is 1.84. The second-order valence-corrected chi connectivity index (χ2v) is 4.58. The van der Waals surface area contributed by atoms with Crippen LogP contribution in [0.2, 0.25) is 10.0 Å². The Morgan fingerprint density at radius 2 is 1.83 bits per heavy atom. The molecule has 3 nitrogen and oxygen atoms in total. The third-order valence-corrected chi connectivity index (χ3v) is 2.86. The number of aromatic nitrogens is 1. The first-order valence-electron chi connectivity index (χ1n) is 5.12. The molecule has 0 aliphatic rings. The molecular formula is C12H10Cl2FN3. The quantitative estimate of drug-likeness (QED) is 0.815. The molecule has 0 amide bonds. The fourth-order valence-electron chi connectivity index (χ4n) is 1.43. The second kappa shape index (κ2) is 5.00. The average molecular weight is 286 g/mol. The molecule has 1 aromatic carbocycles. The Kier molecular flexibility index (Phi) is 3.59. The van der Waals surface area contributed by atoms with Crippen LogP contribution < -0.4 is 11.1 Å². The lowest BCUT2D eigenvalue weighted by molar-refractivity contribution is 0.629. The van der Waals surface area contributed by atoms with Gasteiger partial charge in [-0.3, -0.25) is 0 Å². The second-order valence-electron chi connectivity index (χ2n) is 3.77. The van der Waals surface area contributed by atoms with Crippen molar-refractivity contribution in [3.8, 4) is 0 Å². The van der Waals surface area contributed by atoms with E-state index in [4.69, 9.17) is 28.9 Å². The van der Waals surface area contributed by atoms with Crippen LogP contribution in [0.1, 0.15) is 5.69 Å². The molecule has 18 heavy (non-hydrogen) atoms. The summed E-state index contributed by atoms with van der Waals surface area (Å²) in [5.41, 5.74) is 7.60. The lowest BCUT2D eigenvalue weighted by Gasteiger charge is -2.10. The highest BCUT2D eigenvalue weighted by Crippen LogP contribution is 2.29. The summed E-state index contributed by atoms with van der Waals surface area (Å²) in [7, 11) is 0. The molecule has 0 saturated carbocycles. The summed E-state index contributed by atoms with van der Waals surface area (Å²) in [6.07, 6.45) is 0. The summed E-state index contributed by atoms with van der Waals surface area (Å²) >= 11 is 11.4. The largest absolute Gasteiger partial charge is 0.396 e. The fraction of sp³-hybridized carbons (Fsp3) is 0.0833. The highest BCUT2D eigenvalue weighted by molar-refractivity contribution is 6.35. The lowest BCUT2D eigenvalue weighted by Crippen LogP contribution is -2.00. The van der Waals surface area contributed by atoms with Gasteiger partial charge in [0.2, 0.25) is 0 Å². The Morgan fingerprint density at radius 3 is 2.44 bits per heavy atom. The van der Waals surface area contributed by atoms with E-state index in [1.54, 1.807) is 12.1 Å². The third kappa shape index (κ3) is 2.66. The van der Waals surface area contributed by atoms with E-state index in [0.717, 1.165) is 5.69 Å². The number of hydrogen-bond donors (Lipinski definition) is 2. The van der Waals surface area contributed by atoms with Crippen molar-refractivity contribution in [2.45, 2.75) is 6.92 Å². The number of nitrogens with one attached hydrogen (secondary N) is 1. The summed E-state index contributed by atoms with van der Waals surface area (Å²) in [4.78, 5) is 4.23. The Labute approximate surface area is 114 Å². The Morgan fingerprint density at radius 1 is 1.22 bits per heavy atom. The number of benzene rings is 1. The van der Waals surface area contributed by atoms with E-state index in [0.29, 0.717) is 17.2 Å². The summed E-state index contributed by atoms with van der Waals surface area (Å²) < 4.78 is 13.3. The van der Waals surface area contributed by atoms with Gasteiger partial charge in [-0.2, -0.15) is 0 Å². The maximum atomic E-state index is 13.3. The number of hydrogen-bond acceptors (Lipinski definition) is 3. The van der Waals surface area contributed by atoms with Gasteiger partial charge in [0.15, 0.2) is 11.6 Å². The molecule has 2 aromatic rings. The number of nitrogens with zero attached hydrogens (tertiary/aromatic N) is 1. The molecule has 0 radical (unpaired) electrons. The number of anilines is 3. The molecule has 0 spiro atoms. The molecule has 0 bridgehead atoms.